The van der Waals surface area contributed by atoms with Crippen LogP contribution in [0.25, 0.3) is 0 Å². The van der Waals surface area contributed by atoms with Gasteiger partial charge in [-0.1, -0.05) is 37.3 Å². The zero-order chi connectivity index (χ0) is 16.3. The fourth-order valence-electron chi connectivity index (χ4n) is 3.07. The number of benzene rings is 1. The van der Waals surface area contributed by atoms with Gasteiger partial charge in [-0.05, 0) is 44.7 Å². The third-order valence-corrected chi connectivity index (χ3v) is 4.33. The maximum Gasteiger partial charge on any atom is 0.191 e. The van der Waals surface area contributed by atoms with Crippen LogP contribution in [0.4, 0.5) is 0 Å². The highest BCUT2D eigenvalue weighted by molar-refractivity contribution is 14.0. The quantitative estimate of drug-likeness (QED) is 0.385. The molecular formula is C19H33IN4. The number of halogens is 1. The van der Waals surface area contributed by atoms with Crippen LogP contribution in [0.2, 0.25) is 0 Å². The van der Waals surface area contributed by atoms with Crippen molar-refractivity contribution in [2.24, 2.45) is 4.99 Å². The Morgan fingerprint density at radius 1 is 1.17 bits per heavy atom. The SMILES string of the molecule is CCCN1CCC(NC(=NCCc2ccccc2)NCC)CC1.I. The molecule has 0 unspecified atom stereocenters. The van der Waals surface area contributed by atoms with Crippen LogP contribution in [0.5, 0.6) is 0 Å². The number of aliphatic imine (C=N–C) groups is 1. The molecule has 0 aromatic heterocycles. The van der Waals surface area contributed by atoms with Gasteiger partial charge >= 0.3 is 0 Å². The molecule has 5 heteroatoms. The van der Waals surface area contributed by atoms with E-state index in [1.165, 1.54) is 44.5 Å². The molecule has 0 atom stereocenters. The fourth-order valence-corrected chi connectivity index (χ4v) is 3.07. The van der Waals surface area contributed by atoms with Crippen LogP contribution in [0.3, 0.4) is 0 Å². The van der Waals surface area contributed by atoms with Gasteiger partial charge in [-0.15, -0.1) is 24.0 Å². The number of guanidine groups is 1. The molecule has 2 N–H and O–H groups in total. The molecule has 0 aliphatic carbocycles. The number of rotatable bonds is 7. The molecule has 1 aromatic rings. The Morgan fingerprint density at radius 2 is 1.88 bits per heavy atom. The summed E-state index contributed by atoms with van der Waals surface area (Å²) in [5.41, 5.74) is 1.35. The summed E-state index contributed by atoms with van der Waals surface area (Å²) in [5.74, 6) is 0.970. The van der Waals surface area contributed by atoms with Gasteiger partial charge in [-0.2, -0.15) is 0 Å². The van der Waals surface area contributed by atoms with E-state index in [4.69, 9.17) is 4.99 Å². The Hall–Kier alpha value is -0.820. The second-order valence-electron chi connectivity index (χ2n) is 6.26. The van der Waals surface area contributed by atoms with Crippen molar-refractivity contribution in [3.05, 3.63) is 35.9 Å². The summed E-state index contributed by atoms with van der Waals surface area (Å²) >= 11 is 0. The number of piperidine rings is 1. The zero-order valence-electron chi connectivity index (χ0n) is 15.1. The van der Waals surface area contributed by atoms with Gasteiger partial charge in [0.15, 0.2) is 5.96 Å². The van der Waals surface area contributed by atoms with Crippen molar-refractivity contribution in [3.63, 3.8) is 0 Å². The Bertz CT molecular complexity index is 456. The summed E-state index contributed by atoms with van der Waals surface area (Å²) in [6.07, 6.45) is 4.67. The van der Waals surface area contributed by atoms with Crippen molar-refractivity contribution in [1.29, 1.82) is 0 Å². The first-order valence-electron chi connectivity index (χ1n) is 9.13. The third-order valence-electron chi connectivity index (χ3n) is 4.33. The Balaban J connectivity index is 0.00000288. The van der Waals surface area contributed by atoms with Crippen LogP contribution in [-0.4, -0.2) is 49.6 Å². The molecule has 1 aromatic carbocycles. The van der Waals surface area contributed by atoms with Crippen LogP contribution in [0.15, 0.2) is 35.3 Å². The lowest BCUT2D eigenvalue weighted by Gasteiger charge is -2.32. The van der Waals surface area contributed by atoms with Gasteiger partial charge < -0.3 is 15.5 Å². The van der Waals surface area contributed by atoms with Gasteiger partial charge in [0.1, 0.15) is 0 Å². The van der Waals surface area contributed by atoms with Crippen LogP contribution in [0.1, 0.15) is 38.7 Å². The van der Waals surface area contributed by atoms with Crippen molar-refractivity contribution in [3.8, 4) is 0 Å². The second kappa shape index (κ2) is 12.5. The number of hydrogen-bond acceptors (Lipinski definition) is 2. The molecule has 1 aliphatic rings. The van der Waals surface area contributed by atoms with Gasteiger partial charge in [-0.25, -0.2) is 0 Å². The molecular weight excluding hydrogens is 411 g/mol. The van der Waals surface area contributed by atoms with E-state index in [0.717, 1.165) is 25.5 Å². The summed E-state index contributed by atoms with van der Waals surface area (Å²) in [6.45, 7) is 9.76. The van der Waals surface area contributed by atoms with E-state index in [2.05, 4.69) is 59.7 Å². The monoisotopic (exact) mass is 444 g/mol. The minimum absolute atomic E-state index is 0. The highest BCUT2D eigenvalue weighted by atomic mass is 127. The molecule has 2 rings (SSSR count). The van der Waals surface area contributed by atoms with E-state index in [-0.39, 0.29) is 24.0 Å². The smallest absolute Gasteiger partial charge is 0.191 e. The second-order valence-corrected chi connectivity index (χ2v) is 6.26. The molecule has 4 nitrogen and oxygen atoms in total. The Kier molecular flexibility index (Phi) is 11.1. The van der Waals surface area contributed by atoms with Crippen LogP contribution >= 0.6 is 24.0 Å². The predicted molar refractivity (Wildman–Crippen MR) is 114 cm³/mol. The summed E-state index contributed by atoms with van der Waals surface area (Å²) < 4.78 is 0. The fraction of sp³-hybridized carbons (Fsp3) is 0.632. The number of hydrogen-bond donors (Lipinski definition) is 2. The van der Waals surface area contributed by atoms with E-state index in [0.29, 0.717) is 6.04 Å². The lowest BCUT2D eigenvalue weighted by molar-refractivity contribution is 0.206. The first-order chi connectivity index (χ1) is 11.3. The van der Waals surface area contributed by atoms with E-state index in [1.807, 2.05) is 0 Å². The highest BCUT2D eigenvalue weighted by Crippen LogP contribution is 2.10. The van der Waals surface area contributed by atoms with Gasteiger partial charge in [0.05, 0.1) is 0 Å². The first-order valence-corrected chi connectivity index (χ1v) is 9.13. The predicted octanol–water partition coefficient (Wildman–Crippen LogP) is 3.28. The topological polar surface area (TPSA) is 39.7 Å². The minimum Gasteiger partial charge on any atom is -0.357 e. The van der Waals surface area contributed by atoms with E-state index >= 15 is 0 Å². The number of nitrogens with zero attached hydrogens (tertiary/aromatic N) is 2. The normalized spacial score (nSPS) is 16.5. The number of likely N-dealkylation sites (tertiary alicyclic amines) is 1. The summed E-state index contributed by atoms with van der Waals surface area (Å²) in [7, 11) is 0. The molecule has 0 amide bonds. The summed E-state index contributed by atoms with van der Waals surface area (Å²) in [6, 6.07) is 11.1. The van der Waals surface area contributed by atoms with Crippen LogP contribution in [-0.2, 0) is 6.42 Å². The average molecular weight is 444 g/mol. The number of nitrogens with one attached hydrogen (secondary N) is 2. The van der Waals surface area contributed by atoms with Crippen molar-refractivity contribution in [2.45, 2.75) is 45.6 Å². The molecule has 24 heavy (non-hydrogen) atoms. The van der Waals surface area contributed by atoms with E-state index in [9.17, 15) is 0 Å². The average Bonchev–Trinajstić information content (AvgIpc) is 2.58. The maximum atomic E-state index is 4.74. The highest BCUT2D eigenvalue weighted by Gasteiger charge is 2.19. The van der Waals surface area contributed by atoms with Gasteiger partial charge in [0.2, 0.25) is 0 Å². The molecule has 0 spiro atoms. The molecule has 1 saturated heterocycles. The van der Waals surface area contributed by atoms with Crippen molar-refractivity contribution < 1.29 is 0 Å². The first kappa shape index (κ1) is 21.2. The van der Waals surface area contributed by atoms with Gasteiger partial charge in [-0.3, -0.25) is 4.99 Å². The maximum absolute atomic E-state index is 4.74. The molecule has 0 bridgehead atoms. The van der Waals surface area contributed by atoms with E-state index in [1.54, 1.807) is 0 Å². The standard InChI is InChI=1S/C19H32N4.HI/c1-3-14-23-15-11-18(12-16-23)22-19(20-4-2)21-13-10-17-8-6-5-7-9-17;/h5-9,18H,3-4,10-16H2,1-2H3,(H2,20,21,22);1H. The van der Waals surface area contributed by atoms with Crippen LogP contribution in [0, 0.1) is 0 Å². The zero-order valence-corrected chi connectivity index (χ0v) is 17.5. The molecule has 0 radical (unpaired) electrons. The lowest BCUT2D eigenvalue weighted by Crippen LogP contribution is -2.48. The minimum atomic E-state index is 0. The van der Waals surface area contributed by atoms with E-state index < -0.39 is 0 Å². The molecule has 1 heterocycles. The van der Waals surface area contributed by atoms with Crippen molar-refractivity contribution in [2.75, 3.05) is 32.7 Å². The van der Waals surface area contributed by atoms with Crippen LogP contribution < -0.4 is 10.6 Å². The third kappa shape index (κ3) is 7.83. The van der Waals surface area contributed by atoms with Gasteiger partial charge in [0.25, 0.3) is 0 Å². The Morgan fingerprint density at radius 3 is 2.50 bits per heavy atom. The molecule has 136 valence electrons. The van der Waals surface area contributed by atoms with Crippen molar-refractivity contribution in [1.82, 2.24) is 15.5 Å². The Labute approximate surface area is 164 Å². The lowest BCUT2D eigenvalue weighted by atomic mass is 10.1. The van der Waals surface area contributed by atoms with Gasteiger partial charge in [0, 0.05) is 32.2 Å². The summed E-state index contributed by atoms with van der Waals surface area (Å²) in [4.78, 5) is 7.31. The molecule has 1 fully saturated rings. The largest absolute Gasteiger partial charge is 0.357 e. The molecule has 1 aliphatic heterocycles. The summed E-state index contributed by atoms with van der Waals surface area (Å²) in [5, 5.41) is 7.00. The van der Waals surface area contributed by atoms with Crippen molar-refractivity contribution >= 4 is 29.9 Å². The molecule has 0 saturated carbocycles.